The van der Waals surface area contributed by atoms with Crippen LogP contribution < -0.4 is 10.1 Å². The van der Waals surface area contributed by atoms with Gasteiger partial charge in [0.15, 0.2) is 0 Å². The fourth-order valence-corrected chi connectivity index (χ4v) is 2.01. The Morgan fingerprint density at radius 3 is 2.83 bits per heavy atom. The summed E-state index contributed by atoms with van der Waals surface area (Å²) in [7, 11) is -1.06. The van der Waals surface area contributed by atoms with E-state index in [9.17, 15) is 9.00 Å². The number of ether oxygens (including phenoxy) is 1. The van der Waals surface area contributed by atoms with E-state index in [2.05, 4.69) is 5.32 Å². The molecule has 18 heavy (non-hydrogen) atoms. The van der Waals surface area contributed by atoms with Crippen LogP contribution in [0.4, 0.5) is 0 Å². The molecule has 0 bridgehead atoms. The number of nitrogens with one attached hydrogen (secondary N) is 1. The zero-order valence-electron chi connectivity index (χ0n) is 10.8. The van der Waals surface area contributed by atoms with E-state index in [1.165, 1.54) is 0 Å². The summed E-state index contributed by atoms with van der Waals surface area (Å²) >= 11 is 0. The van der Waals surface area contributed by atoms with Gasteiger partial charge in [-0.15, -0.1) is 0 Å². The fourth-order valence-electron chi connectivity index (χ4n) is 1.41. The maximum Gasteiger partial charge on any atom is 0.232 e. The van der Waals surface area contributed by atoms with Gasteiger partial charge in [0.25, 0.3) is 0 Å². The number of hydrogen-bond acceptors (Lipinski definition) is 3. The highest BCUT2D eigenvalue weighted by Crippen LogP contribution is 2.12. The zero-order chi connectivity index (χ0) is 13.4. The van der Waals surface area contributed by atoms with Gasteiger partial charge in [0, 0.05) is 23.1 Å². The van der Waals surface area contributed by atoms with Crippen LogP contribution in [-0.4, -0.2) is 28.2 Å². The number of carbonyl (C=O) groups excluding carboxylic acids is 1. The Morgan fingerprint density at radius 1 is 1.39 bits per heavy atom. The first-order valence-electron chi connectivity index (χ1n) is 5.99. The minimum atomic E-state index is -1.06. The highest BCUT2D eigenvalue weighted by Gasteiger charge is 2.05. The van der Waals surface area contributed by atoms with E-state index in [-0.39, 0.29) is 11.7 Å². The fraction of sp³-hybridized carbons (Fsp3) is 0.462. The molecule has 0 saturated heterocycles. The summed E-state index contributed by atoms with van der Waals surface area (Å²) in [5.74, 6) is 1.19. The molecule has 0 aliphatic rings. The summed E-state index contributed by atoms with van der Waals surface area (Å²) in [6, 6.07) is 7.57. The largest absolute Gasteiger partial charge is 0.494 e. The summed E-state index contributed by atoms with van der Waals surface area (Å²) in [6.07, 6.45) is 0. The molecular weight excluding hydrogens is 250 g/mol. The second-order valence-electron chi connectivity index (χ2n) is 3.73. The van der Waals surface area contributed by atoms with Crippen molar-refractivity contribution in [2.75, 3.05) is 18.1 Å². The molecule has 0 unspecified atom stereocenters. The van der Waals surface area contributed by atoms with Crippen LogP contribution in [0.3, 0.4) is 0 Å². The SMILES string of the molecule is CCOc1cccc(CNC(=O)C[S@@](=O)CC)c1. The summed E-state index contributed by atoms with van der Waals surface area (Å²) in [4.78, 5) is 11.5. The zero-order valence-corrected chi connectivity index (χ0v) is 11.6. The summed E-state index contributed by atoms with van der Waals surface area (Å²) in [6.45, 7) is 4.77. The molecule has 0 heterocycles. The number of hydrogen-bond donors (Lipinski definition) is 1. The van der Waals surface area contributed by atoms with Gasteiger partial charge >= 0.3 is 0 Å². The molecule has 0 spiro atoms. The third-order valence-electron chi connectivity index (χ3n) is 2.31. The summed E-state index contributed by atoms with van der Waals surface area (Å²) in [5.41, 5.74) is 0.969. The maximum atomic E-state index is 11.5. The molecule has 100 valence electrons. The Kier molecular flexibility index (Phi) is 6.43. The maximum absolute atomic E-state index is 11.5. The van der Waals surface area contributed by atoms with Crippen molar-refractivity contribution < 1.29 is 13.7 Å². The highest BCUT2D eigenvalue weighted by molar-refractivity contribution is 7.85. The molecule has 0 aliphatic heterocycles. The third kappa shape index (κ3) is 5.31. The van der Waals surface area contributed by atoms with Crippen LogP contribution in [0.1, 0.15) is 19.4 Å². The first kappa shape index (κ1) is 14.7. The minimum Gasteiger partial charge on any atom is -0.494 e. The molecule has 0 radical (unpaired) electrons. The predicted molar refractivity (Wildman–Crippen MR) is 73.0 cm³/mol. The van der Waals surface area contributed by atoms with Gasteiger partial charge in [-0.1, -0.05) is 19.1 Å². The van der Waals surface area contributed by atoms with Crippen molar-refractivity contribution in [1.82, 2.24) is 5.32 Å². The first-order valence-corrected chi connectivity index (χ1v) is 7.48. The molecule has 1 aromatic carbocycles. The standard InChI is InChI=1S/C13H19NO3S/c1-3-17-12-7-5-6-11(8-12)9-14-13(15)10-18(16)4-2/h5-8H,3-4,9-10H2,1-2H3,(H,14,15)/t18-/m0/s1. The number of benzene rings is 1. The third-order valence-corrected chi connectivity index (χ3v) is 3.54. The molecule has 1 rings (SSSR count). The molecule has 0 fully saturated rings. The van der Waals surface area contributed by atoms with Gasteiger partial charge in [0.05, 0.1) is 6.61 Å². The van der Waals surface area contributed by atoms with Crippen LogP contribution >= 0.6 is 0 Å². The molecule has 0 saturated carbocycles. The Morgan fingerprint density at radius 2 is 2.17 bits per heavy atom. The monoisotopic (exact) mass is 269 g/mol. The van der Waals surface area contributed by atoms with Crippen LogP contribution in [0.5, 0.6) is 5.75 Å². The molecule has 5 heteroatoms. The highest BCUT2D eigenvalue weighted by atomic mass is 32.2. The van der Waals surface area contributed by atoms with Crippen molar-refractivity contribution in [3.05, 3.63) is 29.8 Å². The lowest BCUT2D eigenvalue weighted by Crippen LogP contribution is -2.28. The van der Waals surface area contributed by atoms with Crippen molar-refractivity contribution in [3.63, 3.8) is 0 Å². The average molecular weight is 269 g/mol. The lowest BCUT2D eigenvalue weighted by atomic mass is 10.2. The molecule has 0 aliphatic carbocycles. The molecule has 0 aromatic heterocycles. The summed E-state index contributed by atoms with van der Waals surface area (Å²) in [5, 5.41) is 2.75. The second-order valence-corrected chi connectivity index (χ2v) is 5.48. The van der Waals surface area contributed by atoms with Gasteiger partial charge in [-0.25, -0.2) is 0 Å². The number of rotatable bonds is 7. The van der Waals surface area contributed by atoms with E-state index < -0.39 is 10.8 Å². The lowest BCUT2D eigenvalue weighted by Gasteiger charge is -2.07. The van der Waals surface area contributed by atoms with Gasteiger partial charge in [0.1, 0.15) is 11.5 Å². The first-order chi connectivity index (χ1) is 8.65. The quantitative estimate of drug-likeness (QED) is 0.815. The van der Waals surface area contributed by atoms with Crippen molar-refractivity contribution in [3.8, 4) is 5.75 Å². The van der Waals surface area contributed by atoms with E-state index in [0.717, 1.165) is 11.3 Å². The number of carbonyl (C=O) groups is 1. The normalized spacial score (nSPS) is 11.9. The van der Waals surface area contributed by atoms with Crippen LogP contribution in [0.25, 0.3) is 0 Å². The van der Waals surface area contributed by atoms with Crippen LogP contribution in [0.2, 0.25) is 0 Å². The molecule has 1 atom stereocenters. The van der Waals surface area contributed by atoms with E-state index in [1.807, 2.05) is 31.2 Å². The van der Waals surface area contributed by atoms with Crippen LogP contribution in [0, 0.1) is 0 Å². The van der Waals surface area contributed by atoms with E-state index >= 15 is 0 Å². The van der Waals surface area contributed by atoms with Gasteiger partial charge in [-0.3, -0.25) is 9.00 Å². The van der Waals surface area contributed by atoms with Crippen molar-refractivity contribution in [2.24, 2.45) is 0 Å². The van der Waals surface area contributed by atoms with E-state index in [4.69, 9.17) is 4.74 Å². The van der Waals surface area contributed by atoms with Gasteiger partial charge in [-0.2, -0.15) is 0 Å². The van der Waals surface area contributed by atoms with Crippen molar-refractivity contribution in [1.29, 1.82) is 0 Å². The topological polar surface area (TPSA) is 55.4 Å². The van der Waals surface area contributed by atoms with Crippen molar-refractivity contribution >= 4 is 16.7 Å². The Balaban J connectivity index is 2.45. The second kappa shape index (κ2) is 7.87. The van der Waals surface area contributed by atoms with Crippen LogP contribution in [-0.2, 0) is 22.1 Å². The minimum absolute atomic E-state index is 0.0711. The van der Waals surface area contributed by atoms with Gasteiger partial charge in [0.2, 0.25) is 5.91 Å². The molecule has 1 amide bonds. The van der Waals surface area contributed by atoms with E-state index in [1.54, 1.807) is 6.92 Å². The molecule has 1 aromatic rings. The molecule has 1 N–H and O–H groups in total. The lowest BCUT2D eigenvalue weighted by molar-refractivity contribution is -0.118. The average Bonchev–Trinajstić information content (AvgIpc) is 2.37. The summed E-state index contributed by atoms with van der Waals surface area (Å²) < 4.78 is 16.6. The Hall–Kier alpha value is -1.36. The van der Waals surface area contributed by atoms with Crippen molar-refractivity contribution in [2.45, 2.75) is 20.4 Å². The number of amides is 1. The van der Waals surface area contributed by atoms with Crippen LogP contribution in [0.15, 0.2) is 24.3 Å². The van der Waals surface area contributed by atoms with Gasteiger partial charge in [-0.05, 0) is 24.6 Å². The molecular formula is C13H19NO3S. The Bertz CT molecular complexity index is 420. The van der Waals surface area contributed by atoms with E-state index in [0.29, 0.717) is 18.9 Å². The molecule has 4 nitrogen and oxygen atoms in total. The predicted octanol–water partition coefficient (Wildman–Crippen LogP) is 1.47. The smallest absolute Gasteiger partial charge is 0.232 e. The Labute approximate surface area is 110 Å². The van der Waals surface area contributed by atoms with Gasteiger partial charge < -0.3 is 10.1 Å².